The molecule has 3 heteroatoms. The van der Waals surface area contributed by atoms with E-state index in [1.807, 2.05) is 12.1 Å². The summed E-state index contributed by atoms with van der Waals surface area (Å²) in [6.07, 6.45) is 6.57. The lowest BCUT2D eigenvalue weighted by Gasteiger charge is -1.99. The second kappa shape index (κ2) is 5.36. The van der Waals surface area contributed by atoms with Gasteiger partial charge in [-0.2, -0.15) is 0 Å². The molecule has 2 N–H and O–H groups in total. The van der Waals surface area contributed by atoms with Gasteiger partial charge in [0.1, 0.15) is 5.82 Å². The second-order valence-corrected chi connectivity index (χ2v) is 4.90. The number of aromatic amines is 1. The summed E-state index contributed by atoms with van der Waals surface area (Å²) in [5.74, 6) is 3.64. The van der Waals surface area contributed by atoms with Crippen LogP contribution in [-0.2, 0) is 6.54 Å². The van der Waals surface area contributed by atoms with Gasteiger partial charge in [0.25, 0.3) is 0 Å². The monoisotopic (exact) mass is 263 g/mol. The van der Waals surface area contributed by atoms with Crippen molar-refractivity contribution < 1.29 is 0 Å². The summed E-state index contributed by atoms with van der Waals surface area (Å²) in [4.78, 5) is 8.06. The number of benzene rings is 2. The summed E-state index contributed by atoms with van der Waals surface area (Å²) in [7, 11) is 0. The Morgan fingerprint density at radius 1 is 1.30 bits per heavy atom. The highest BCUT2D eigenvalue weighted by Gasteiger charge is 2.06. The van der Waals surface area contributed by atoms with Crippen molar-refractivity contribution in [3.05, 3.63) is 41.7 Å². The van der Waals surface area contributed by atoms with E-state index in [-0.39, 0.29) is 0 Å². The predicted octanol–water partition coefficient (Wildman–Crippen LogP) is 3.20. The molecule has 0 radical (unpaired) electrons. The molecule has 20 heavy (non-hydrogen) atoms. The lowest BCUT2D eigenvalue weighted by Crippen LogP contribution is -2.14. The molecular weight excluding hydrogens is 246 g/mol. The van der Waals surface area contributed by atoms with Crippen molar-refractivity contribution in [1.82, 2.24) is 15.3 Å². The van der Waals surface area contributed by atoms with Gasteiger partial charge in [0.05, 0.1) is 17.6 Å². The summed E-state index contributed by atoms with van der Waals surface area (Å²) >= 11 is 0. The van der Waals surface area contributed by atoms with Crippen molar-refractivity contribution in [2.75, 3.05) is 6.54 Å². The third-order valence-electron chi connectivity index (χ3n) is 3.40. The average Bonchev–Trinajstić information content (AvgIpc) is 2.90. The Labute approximate surface area is 118 Å². The standard InChI is InChI=1S/C17H17N3/c1-3-9-18-11-16-19-15-8-6-13-10-12(4-2)5-7-14(13)17(15)20-16/h2,5-8,10,18H,3,9,11H2,1H3,(H,19,20). The molecule has 0 saturated carbocycles. The van der Waals surface area contributed by atoms with Crippen LogP contribution in [0.5, 0.6) is 0 Å². The SMILES string of the molecule is C#Cc1ccc2c(ccc3[nH]c(CNCCC)nc32)c1. The topological polar surface area (TPSA) is 40.7 Å². The number of hydrogen-bond acceptors (Lipinski definition) is 2. The number of rotatable bonds is 4. The Hall–Kier alpha value is -2.31. The molecule has 0 bridgehead atoms. The molecule has 100 valence electrons. The van der Waals surface area contributed by atoms with E-state index in [9.17, 15) is 0 Å². The first-order valence-electron chi connectivity index (χ1n) is 6.90. The quantitative estimate of drug-likeness (QED) is 0.560. The van der Waals surface area contributed by atoms with E-state index >= 15 is 0 Å². The number of fused-ring (bicyclic) bond motifs is 3. The molecule has 0 aliphatic heterocycles. The molecular formula is C17H17N3. The maximum absolute atomic E-state index is 5.45. The van der Waals surface area contributed by atoms with Gasteiger partial charge in [-0.1, -0.05) is 25.0 Å². The van der Waals surface area contributed by atoms with Crippen molar-refractivity contribution in [2.24, 2.45) is 0 Å². The minimum Gasteiger partial charge on any atom is -0.341 e. The lowest BCUT2D eigenvalue weighted by molar-refractivity contribution is 0.656. The van der Waals surface area contributed by atoms with Crippen LogP contribution in [0.25, 0.3) is 21.8 Å². The fourth-order valence-corrected chi connectivity index (χ4v) is 2.41. The molecule has 0 fully saturated rings. The largest absolute Gasteiger partial charge is 0.341 e. The highest BCUT2D eigenvalue weighted by molar-refractivity contribution is 6.04. The van der Waals surface area contributed by atoms with E-state index in [1.54, 1.807) is 0 Å². The van der Waals surface area contributed by atoms with Crippen LogP contribution in [0, 0.1) is 12.3 Å². The van der Waals surface area contributed by atoms with E-state index in [0.717, 1.165) is 52.7 Å². The summed E-state index contributed by atoms with van der Waals surface area (Å²) in [6.45, 7) is 3.93. The third kappa shape index (κ3) is 2.26. The zero-order valence-electron chi connectivity index (χ0n) is 11.5. The summed E-state index contributed by atoms with van der Waals surface area (Å²) < 4.78 is 0. The van der Waals surface area contributed by atoms with Crippen molar-refractivity contribution in [3.63, 3.8) is 0 Å². The molecule has 3 nitrogen and oxygen atoms in total. The number of terminal acetylenes is 1. The van der Waals surface area contributed by atoms with Crippen molar-refractivity contribution >= 4 is 21.8 Å². The van der Waals surface area contributed by atoms with Gasteiger partial charge >= 0.3 is 0 Å². The zero-order valence-corrected chi connectivity index (χ0v) is 11.5. The van der Waals surface area contributed by atoms with Gasteiger partial charge in [0, 0.05) is 10.9 Å². The van der Waals surface area contributed by atoms with Crippen LogP contribution in [0.4, 0.5) is 0 Å². The minimum absolute atomic E-state index is 0.770. The molecule has 0 aliphatic carbocycles. The summed E-state index contributed by atoms with van der Waals surface area (Å²) in [5.41, 5.74) is 2.98. The lowest BCUT2D eigenvalue weighted by atomic mass is 10.1. The summed E-state index contributed by atoms with van der Waals surface area (Å²) in [6, 6.07) is 10.2. The van der Waals surface area contributed by atoms with Gasteiger partial charge in [-0.05, 0) is 36.6 Å². The number of H-pyrrole nitrogens is 1. The van der Waals surface area contributed by atoms with Crippen LogP contribution in [0.3, 0.4) is 0 Å². The number of hydrogen-bond donors (Lipinski definition) is 2. The molecule has 0 spiro atoms. The Bertz CT molecular complexity index is 793. The van der Waals surface area contributed by atoms with Crippen molar-refractivity contribution in [2.45, 2.75) is 19.9 Å². The first-order chi connectivity index (χ1) is 9.81. The molecule has 0 unspecified atom stereocenters. The van der Waals surface area contributed by atoms with Gasteiger partial charge in [-0.15, -0.1) is 6.42 Å². The fraction of sp³-hybridized carbons (Fsp3) is 0.235. The predicted molar refractivity (Wildman–Crippen MR) is 83.5 cm³/mol. The second-order valence-electron chi connectivity index (χ2n) is 4.90. The molecule has 1 aromatic heterocycles. The maximum atomic E-state index is 5.45. The number of nitrogens with zero attached hydrogens (tertiary/aromatic N) is 1. The fourth-order valence-electron chi connectivity index (χ4n) is 2.41. The molecule has 0 saturated heterocycles. The van der Waals surface area contributed by atoms with Crippen LogP contribution in [0.1, 0.15) is 24.7 Å². The highest BCUT2D eigenvalue weighted by atomic mass is 15.0. The first-order valence-corrected chi connectivity index (χ1v) is 6.90. The third-order valence-corrected chi connectivity index (χ3v) is 3.40. The Morgan fingerprint density at radius 2 is 2.20 bits per heavy atom. The van der Waals surface area contributed by atoms with Gasteiger partial charge in [-0.3, -0.25) is 0 Å². The van der Waals surface area contributed by atoms with E-state index in [1.165, 1.54) is 0 Å². The highest BCUT2D eigenvalue weighted by Crippen LogP contribution is 2.24. The van der Waals surface area contributed by atoms with Gasteiger partial charge in [0.2, 0.25) is 0 Å². The van der Waals surface area contributed by atoms with E-state index in [2.05, 4.69) is 41.3 Å². The molecule has 1 heterocycles. The molecule has 3 rings (SSSR count). The van der Waals surface area contributed by atoms with Crippen LogP contribution < -0.4 is 5.32 Å². The van der Waals surface area contributed by atoms with Crippen LogP contribution in [0.15, 0.2) is 30.3 Å². The average molecular weight is 263 g/mol. The van der Waals surface area contributed by atoms with Gasteiger partial charge < -0.3 is 10.3 Å². The molecule has 0 atom stereocenters. The number of aromatic nitrogens is 2. The molecule has 2 aromatic carbocycles. The Kier molecular flexibility index (Phi) is 3.41. The zero-order chi connectivity index (χ0) is 13.9. The Morgan fingerprint density at radius 3 is 3.00 bits per heavy atom. The van der Waals surface area contributed by atoms with Crippen LogP contribution >= 0.6 is 0 Å². The summed E-state index contributed by atoms with van der Waals surface area (Å²) in [5, 5.41) is 5.63. The normalized spacial score (nSPS) is 11.0. The molecule has 0 aliphatic rings. The van der Waals surface area contributed by atoms with Crippen LogP contribution in [-0.4, -0.2) is 16.5 Å². The smallest absolute Gasteiger partial charge is 0.121 e. The van der Waals surface area contributed by atoms with Crippen LogP contribution in [0.2, 0.25) is 0 Å². The van der Waals surface area contributed by atoms with Crippen molar-refractivity contribution in [3.8, 4) is 12.3 Å². The van der Waals surface area contributed by atoms with Gasteiger partial charge in [0.15, 0.2) is 0 Å². The number of nitrogens with one attached hydrogen (secondary N) is 2. The van der Waals surface area contributed by atoms with Crippen molar-refractivity contribution in [1.29, 1.82) is 0 Å². The Balaban J connectivity index is 2.05. The minimum atomic E-state index is 0.770. The van der Waals surface area contributed by atoms with E-state index in [4.69, 9.17) is 11.4 Å². The maximum Gasteiger partial charge on any atom is 0.121 e. The first kappa shape index (κ1) is 12.7. The molecule has 0 amide bonds. The van der Waals surface area contributed by atoms with E-state index in [0.29, 0.717) is 0 Å². The molecule has 3 aromatic rings. The van der Waals surface area contributed by atoms with E-state index < -0.39 is 0 Å². The van der Waals surface area contributed by atoms with Gasteiger partial charge in [-0.25, -0.2) is 4.98 Å². The number of imidazole rings is 1.